The molecule has 0 radical (unpaired) electrons. The van der Waals surface area contributed by atoms with E-state index in [1.807, 2.05) is 6.92 Å². The molecule has 0 aromatic heterocycles. The summed E-state index contributed by atoms with van der Waals surface area (Å²) in [4.78, 5) is 4.46. The minimum absolute atomic E-state index is 0.186. The monoisotopic (exact) mass is 302 g/mol. The van der Waals surface area contributed by atoms with E-state index < -0.39 is 11.7 Å². The van der Waals surface area contributed by atoms with Crippen molar-refractivity contribution in [2.75, 3.05) is 11.1 Å². The zero-order valence-corrected chi connectivity index (χ0v) is 12.4. The summed E-state index contributed by atoms with van der Waals surface area (Å²) in [7, 11) is 0. The molecule has 0 bridgehead atoms. The highest BCUT2D eigenvalue weighted by molar-refractivity contribution is 8.14. The molecule has 0 amide bonds. The summed E-state index contributed by atoms with van der Waals surface area (Å²) >= 11 is 1.55. The number of anilines is 1. The lowest BCUT2D eigenvalue weighted by Gasteiger charge is -2.24. The molecule has 1 heterocycles. The lowest BCUT2D eigenvalue weighted by molar-refractivity contribution is -0.138. The molecular formula is C14H17F3N2S. The van der Waals surface area contributed by atoms with Gasteiger partial charge in [-0.3, -0.25) is 4.99 Å². The van der Waals surface area contributed by atoms with Crippen molar-refractivity contribution in [3.8, 4) is 0 Å². The van der Waals surface area contributed by atoms with Crippen molar-refractivity contribution in [3.05, 3.63) is 29.3 Å². The minimum Gasteiger partial charge on any atom is -0.335 e. The van der Waals surface area contributed by atoms with Gasteiger partial charge >= 0.3 is 6.18 Å². The molecule has 1 aromatic carbocycles. The molecule has 0 saturated carbocycles. The van der Waals surface area contributed by atoms with Gasteiger partial charge in [0, 0.05) is 11.4 Å². The molecule has 1 aliphatic heterocycles. The number of hydrogen-bond acceptors (Lipinski definition) is 3. The number of aliphatic imine (C=N–C) groups is 1. The Labute approximate surface area is 120 Å². The second-order valence-electron chi connectivity index (χ2n) is 5.12. The van der Waals surface area contributed by atoms with E-state index >= 15 is 0 Å². The maximum absolute atomic E-state index is 12.9. The Morgan fingerprint density at radius 1 is 1.30 bits per heavy atom. The third-order valence-corrected chi connectivity index (χ3v) is 4.59. The van der Waals surface area contributed by atoms with Crippen LogP contribution in [0.4, 0.5) is 18.9 Å². The molecule has 2 rings (SSSR count). The van der Waals surface area contributed by atoms with Crippen molar-refractivity contribution in [3.63, 3.8) is 0 Å². The molecule has 6 heteroatoms. The predicted octanol–water partition coefficient (Wildman–Crippen LogP) is 4.55. The van der Waals surface area contributed by atoms with Crippen LogP contribution in [0.2, 0.25) is 0 Å². The van der Waals surface area contributed by atoms with Gasteiger partial charge in [0.15, 0.2) is 5.17 Å². The van der Waals surface area contributed by atoms with E-state index in [9.17, 15) is 13.2 Å². The van der Waals surface area contributed by atoms with E-state index in [0.29, 0.717) is 16.8 Å². The van der Waals surface area contributed by atoms with Crippen LogP contribution >= 0.6 is 11.8 Å². The fraction of sp³-hybridized carbons (Fsp3) is 0.500. The molecule has 1 aliphatic rings. The largest absolute Gasteiger partial charge is 0.416 e. The lowest BCUT2D eigenvalue weighted by atomic mass is 10.1. The maximum atomic E-state index is 12.9. The van der Waals surface area contributed by atoms with Crippen LogP contribution in [-0.4, -0.2) is 17.0 Å². The van der Waals surface area contributed by atoms with Crippen molar-refractivity contribution >= 4 is 22.6 Å². The molecule has 1 aromatic rings. The highest BCUT2D eigenvalue weighted by Gasteiger charge is 2.32. The second kappa shape index (κ2) is 5.68. The van der Waals surface area contributed by atoms with Crippen LogP contribution in [0.1, 0.15) is 25.0 Å². The van der Waals surface area contributed by atoms with Gasteiger partial charge in [-0.05, 0) is 37.5 Å². The molecule has 0 saturated heterocycles. The minimum atomic E-state index is -4.33. The number of alkyl halides is 3. The zero-order valence-electron chi connectivity index (χ0n) is 11.6. The summed E-state index contributed by atoms with van der Waals surface area (Å²) in [5.74, 6) is 1.40. The SMILES string of the molecule is Cc1ccc(NC2=NC(C)C(C)CS2)cc1C(F)(F)F. The first-order valence-corrected chi connectivity index (χ1v) is 7.41. The topological polar surface area (TPSA) is 24.4 Å². The second-order valence-corrected chi connectivity index (χ2v) is 6.12. The van der Waals surface area contributed by atoms with E-state index in [4.69, 9.17) is 0 Å². The molecule has 2 unspecified atom stereocenters. The summed E-state index contributed by atoms with van der Waals surface area (Å²) in [5.41, 5.74) is 0.0459. The Kier molecular flexibility index (Phi) is 4.32. The van der Waals surface area contributed by atoms with E-state index in [-0.39, 0.29) is 11.6 Å². The van der Waals surface area contributed by atoms with Crippen LogP contribution in [0.25, 0.3) is 0 Å². The summed E-state index contributed by atoms with van der Waals surface area (Å²) < 4.78 is 38.6. The Morgan fingerprint density at radius 2 is 2.00 bits per heavy atom. The van der Waals surface area contributed by atoms with E-state index in [1.165, 1.54) is 13.0 Å². The number of aryl methyl sites for hydroxylation is 1. The average molecular weight is 302 g/mol. The normalized spacial score (nSPS) is 23.4. The third kappa shape index (κ3) is 3.48. The number of hydrogen-bond donors (Lipinski definition) is 1. The van der Waals surface area contributed by atoms with Crippen molar-refractivity contribution in [1.29, 1.82) is 0 Å². The van der Waals surface area contributed by atoms with Crippen LogP contribution in [0.5, 0.6) is 0 Å². The van der Waals surface area contributed by atoms with E-state index in [0.717, 1.165) is 11.8 Å². The number of rotatable bonds is 1. The Balaban J connectivity index is 2.21. The number of thioether (sulfide) groups is 1. The van der Waals surface area contributed by atoms with Gasteiger partial charge in [-0.25, -0.2) is 0 Å². The van der Waals surface area contributed by atoms with Crippen LogP contribution in [0, 0.1) is 12.8 Å². The van der Waals surface area contributed by atoms with Crippen LogP contribution < -0.4 is 5.32 Å². The smallest absolute Gasteiger partial charge is 0.335 e. The van der Waals surface area contributed by atoms with Crippen LogP contribution in [0.3, 0.4) is 0 Å². The first-order chi connectivity index (χ1) is 9.27. The lowest BCUT2D eigenvalue weighted by Crippen LogP contribution is -2.25. The predicted molar refractivity (Wildman–Crippen MR) is 78.3 cm³/mol. The fourth-order valence-electron chi connectivity index (χ4n) is 1.90. The van der Waals surface area contributed by atoms with Gasteiger partial charge in [0.25, 0.3) is 0 Å². The van der Waals surface area contributed by atoms with Gasteiger partial charge in [-0.15, -0.1) is 0 Å². The number of halogens is 3. The molecular weight excluding hydrogens is 285 g/mol. The first kappa shape index (κ1) is 15.2. The highest BCUT2D eigenvalue weighted by atomic mass is 32.2. The van der Waals surface area contributed by atoms with Crippen molar-refractivity contribution in [1.82, 2.24) is 0 Å². The summed E-state index contributed by atoms with van der Waals surface area (Å²) in [5, 5.41) is 3.67. The summed E-state index contributed by atoms with van der Waals surface area (Å²) in [6.45, 7) is 5.59. The molecule has 2 atom stereocenters. The van der Waals surface area contributed by atoms with E-state index in [2.05, 4.69) is 17.2 Å². The summed E-state index contributed by atoms with van der Waals surface area (Å²) in [6, 6.07) is 4.45. The van der Waals surface area contributed by atoms with Gasteiger partial charge in [-0.2, -0.15) is 13.2 Å². The molecule has 2 nitrogen and oxygen atoms in total. The quantitative estimate of drug-likeness (QED) is 0.823. The number of nitrogens with one attached hydrogen (secondary N) is 1. The molecule has 0 fully saturated rings. The van der Waals surface area contributed by atoms with Crippen LogP contribution in [-0.2, 0) is 6.18 Å². The van der Waals surface area contributed by atoms with Gasteiger partial charge in [0.1, 0.15) is 0 Å². The molecule has 20 heavy (non-hydrogen) atoms. The van der Waals surface area contributed by atoms with Crippen molar-refractivity contribution in [2.24, 2.45) is 10.9 Å². The number of amidine groups is 1. The fourth-order valence-corrected chi connectivity index (χ4v) is 3.03. The number of nitrogens with zero attached hydrogens (tertiary/aromatic N) is 1. The van der Waals surface area contributed by atoms with Gasteiger partial charge < -0.3 is 5.32 Å². The molecule has 0 spiro atoms. The number of benzene rings is 1. The maximum Gasteiger partial charge on any atom is 0.416 e. The Morgan fingerprint density at radius 3 is 2.60 bits per heavy atom. The highest BCUT2D eigenvalue weighted by Crippen LogP contribution is 2.34. The van der Waals surface area contributed by atoms with Gasteiger partial charge in [-0.1, -0.05) is 24.8 Å². The third-order valence-electron chi connectivity index (χ3n) is 3.42. The van der Waals surface area contributed by atoms with E-state index in [1.54, 1.807) is 17.8 Å². The molecule has 110 valence electrons. The summed E-state index contributed by atoms with van der Waals surface area (Å²) in [6.07, 6.45) is -4.33. The first-order valence-electron chi connectivity index (χ1n) is 6.43. The van der Waals surface area contributed by atoms with Crippen molar-refractivity contribution in [2.45, 2.75) is 33.0 Å². The molecule has 1 N–H and O–H groups in total. The average Bonchev–Trinajstić information content (AvgIpc) is 2.35. The Bertz CT molecular complexity index is 526. The zero-order chi connectivity index (χ0) is 14.9. The van der Waals surface area contributed by atoms with Gasteiger partial charge in [0.05, 0.1) is 11.6 Å². The Hall–Kier alpha value is -1.17. The van der Waals surface area contributed by atoms with Crippen LogP contribution in [0.15, 0.2) is 23.2 Å². The molecule has 0 aliphatic carbocycles. The van der Waals surface area contributed by atoms with Gasteiger partial charge in [0.2, 0.25) is 0 Å². The van der Waals surface area contributed by atoms with Crippen molar-refractivity contribution < 1.29 is 13.2 Å². The standard InChI is InChI=1S/C14H17F3N2S/c1-8-4-5-11(6-12(8)14(15,16)17)19-13-18-10(3)9(2)7-20-13/h4-6,9-10H,7H2,1-3H3,(H,18,19).